The number of anilines is 1. The lowest BCUT2D eigenvalue weighted by molar-refractivity contribution is -0.135. The van der Waals surface area contributed by atoms with E-state index >= 15 is 0 Å². The maximum Gasteiger partial charge on any atom is 0.225 e. The molecule has 0 radical (unpaired) electrons. The van der Waals surface area contributed by atoms with Crippen LogP contribution in [0.15, 0.2) is 18.2 Å². The van der Waals surface area contributed by atoms with Crippen LogP contribution >= 0.6 is 11.6 Å². The molecule has 0 aromatic heterocycles. The SMILES string of the molecule is CCC(CC)C(=O)N1CC2CN(CCC(=O)Nc3ccc(C)c(Cl)c3)CC2C1. The van der Waals surface area contributed by atoms with Crippen molar-refractivity contribution in [3.63, 3.8) is 0 Å². The zero-order chi connectivity index (χ0) is 20.3. The second-order valence-electron chi connectivity index (χ2n) is 8.30. The predicted molar refractivity (Wildman–Crippen MR) is 114 cm³/mol. The molecule has 0 aliphatic carbocycles. The van der Waals surface area contributed by atoms with Gasteiger partial charge in [0.15, 0.2) is 0 Å². The number of rotatable bonds is 7. The number of nitrogens with zero attached hydrogens (tertiary/aromatic N) is 2. The molecular weight excluding hydrogens is 374 g/mol. The number of fused-ring (bicyclic) bond motifs is 1. The zero-order valence-corrected chi connectivity index (χ0v) is 18.0. The highest BCUT2D eigenvalue weighted by Crippen LogP contribution is 2.32. The fourth-order valence-corrected chi connectivity index (χ4v) is 4.68. The molecule has 2 aliphatic rings. The Labute approximate surface area is 173 Å². The van der Waals surface area contributed by atoms with Crippen LogP contribution in [0.4, 0.5) is 5.69 Å². The Balaban J connectivity index is 1.42. The molecule has 6 heteroatoms. The molecule has 2 fully saturated rings. The fraction of sp³-hybridized carbons (Fsp3) is 0.636. The Morgan fingerprint density at radius 3 is 2.36 bits per heavy atom. The summed E-state index contributed by atoms with van der Waals surface area (Å²) in [5.41, 5.74) is 1.74. The number of hydrogen-bond donors (Lipinski definition) is 1. The number of benzene rings is 1. The average molecular weight is 406 g/mol. The second kappa shape index (κ2) is 9.27. The Hall–Kier alpha value is -1.59. The molecule has 0 spiro atoms. The number of carbonyl (C=O) groups is 2. The third kappa shape index (κ3) is 4.87. The van der Waals surface area contributed by atoms with Crippen molar-refractivity contribution in [3.8, 4) is 0 Å². The zero-order valence-electron chi connectivity index (χ0n) is 17.2. The van der Waals surface area contributed by atoms with E-state index in [-0.39, 0.29) is 11.8 Å². The van der Waals surface area contributed by atoms with Gasteiger partial charge in [-0.25, -0.2) is 0 Å². The first-order chi connectivity index (χ1) is 13.4. The molecule has 2 saturated heterocycles. The Kier molecular flexibility index (Phi) is 7.00. The standard InChI is InChI=1S/C22H32ClN3O2/c1-4-16(5-2)22(28)26-13-17-11-25(12-18(17)14-26)9-8-21(27)24-19-7-6-15(3)20(23)10-19/h6-7,10,16-18H,4-5,8-9,11-14H2,1-3H3,(H,24,27). The van der Waals surface area contributed by atoms with Gasteiger partial charge in [0.1, 0.15) is 0 Å². The van der Waals surface area contributed by atoms with Crippen LogP contribution in [-0.4, -0.2) is 54.3 Å². The van der Waals surface area contributed by atoms with Gasteiger partial charge in [-0.3, -0.25) is 9.59 Å². The van der Waals surface area contributed by atoms with E-state index in [0.717, 1.165) is 56.8 Å². The van der Waals surface area contributed by atoms with E-state index in [9.17, 15) is 9.59 Å². The maximum absolute atomic E-state index is 12.6. The maximum atomic E-state index is 12.6. The number of amides is 2. The van der Waals surface area contributed by atoms with Gasteiger partial charge in [0.25, 0.3) is 0 Å². The van der Waals surface area contributed by atoms with Gasteiger partial charge in [0.05, 0.1) is 0 Å². The molecule has 2 amide bonds. The van der Waals surface area contributed by atoms with Gasteiger partial charge >= 0.3 is 0 Å². The van der Waals surface area contributed by atoms with Gasteiger partial charge < -0.3 is 15.1 Å². The summed E-state index contributed by atoms with van der Waals surface area (Å²) in [6.07, 6.45) is 2.32. The van der Waals surface area contributed by atoms with Crippen LogP contribution < -0.4 is 5.32 Å². The number of likely N-dealkylation sites (tertiary alicyclic amines) is 2. The Morgan fingerprint density at radius 2 is 1.79 bits per heavy atom. The topological polar surface area (TPSA) is 52.7 Å². The normalized spacial score (nSPS) is 22.0. The molecule has 3 rings (SSSR count). The molecular formula is C22H32ClN3O2. The van der Waals surface area contributed by atoms with Gasteiger partial charge in [-0.15, -0.1) is 0 Å². The molecule has 28 heavy (non-hydrogen) atoms. The Bertz CT molecular complexity index is 706. The molecule has 1 N–H and O–H groups in total. The summed E-state index contributed by atoms with van der Waals surface area (Å²) in [5.74, 6) is 1.63. The van der Waals surface area contributed by atoms with Crippen LogP contribution in [0.5, 0.6) is 0 Å². The lowest BCUT2D eigenvalue weighted by atomic mass is 10.0. The van der Waals surface area contributed by atoms with Crippen LogP contribution in [0, 0.1) is 24.7 Å². The first-order valence-electron chi connectivity index (χ1n) is 10.5. The van der Waals surface area contributed by atoms with E-state index in [1.807, 2.05) is 19.1 Å². The van der Waals surface area contributed by atoms with Gasteiger partial charge in [-0.2, -0.15) is 0 Å². The average Bonchev–Trinajstić information content (AvgIpc) is 3.23. The highest BCUT2D eigenvalue weighted by atomic mass is 35.5. The molecule has 0 saturated carbocycles. The molecule has 5 nitrogen and oxygen atoms in total. The number of nitrogens with one attached hydrogen (secondary N) is 1. The van der Waals surface area contributed by atoms with Crippen molar-refractivity contribution >= 4 is 29.1 Å². The Morgan fingerprint density at radius 1 is 1.14 bits per heavy atom. The molecule has 2 aliphatic heterocycles. The summed E-state index contributed by atoms with van der Waals surface area (Å²) in [4.78, 5) is 29.3. The second-order valence-corrected chi connectivity index (χ2v) is 8.71. The molecule has 0 bridgehead atoms. The lowest BCUT2D eigenvalue weighted by Crippen LogP contribution is -2.37. The van der Waals surface area contributed by atoms with Crippen LogP contribution in [-0.2, 0) is 9.59 Å². The van der Waals surface area contributed by atoms with E-state index in [2.05, 4.69) is 29.0 Å². The third-order valence-electron chi connectivity index (χ3n) is 6.32. The van der Waals surface area contributed by atoms with E-state index in [1.54, 1.807) is 6.07 Å². The first-order valence-corrected chi connectivity index (χ1v) is 10.9. The molecule has 1 aromatic carbocycles. The van der Waals surface area contributed by atoms with E-state index in [4.69, 9.17) is 11.6 Å². The van der Waals surface area contributed by atoms with Crippen molar-refractivity contribution in [3.05, 3.63) is 28.8 Å². The molecule has 2 heterocycles. The smallest absolute Gasteiger partial charge is 0.225 e. The number of aryl methyl sites for hydroxylation is 1. The highest BCUT2D eigenvalue weighted by Gasteiger charge is 2.42. The van der Waals surface area contributed by atoms with Gasteiger partial charge in [-0.05, 0) is 49.3 Å². The van der Waals surface area contributed by atoms with Crippen molar-refractivity contribution in [2.75, 3.05) is 38.0 Å². The minimum Gasteiger partial charge on any atom is -0.342 e. The van der Waals surface area contributed by atoms with Gasteiger partial charge in [0.2, 0.25) is 11.8 Å². The summed E-state index contributed by atoms with van der Waals surface area (Å²) in [6.45, 7) is 10.6. The molecule has 2 unspecified atom stereocenters. The quantitative estimate of drug-likeness (QED) is 0.750. The molecule has 1 aromatic rings. The number of hydrogen-bond acceptors (Lipinski definition) is 3. The van der Waals surface area contributed by atoms with Crippen LogP contribution in [0.1, 0.15) is 38.7 Å². The highest BCUT2D eigenvalue weighted by molar-refractivity contribution is 6.31. The largest absolute Gasteiger partial charge is 0.342 e. The summed E-state index contributed by atoms with van der Waals surface area (Å²) in [5, 5.41) is 3.59. The minimum atomic E-state index is 0.0162. The first kappa shape index (κ1) is 21.1. The number of carbonyl (C=O) groups excluding carboxylic acids is 2. The third-order valence-corrected chi connectivity index (χ3v) is 6.73. The van der Waals surface area contributed by atoms with Crippen LogP contribution in [0.3, 0.4) is 0 Å². The lowest BCUT2D eigenvalue weighted by Gasteiger charge is -2.24. The molecule has 154 valence electrons. The van der Waals surface area contributed by atoms with Crippen molar-refractivity contribution < 1.29 is 9.59 Å². The predicted octanol–water partition coefficient (Wildman–Crippen LogP) is 3.80. The van der Waals surface area contributed by atoms with Gasteiger partial charge in [-0.1, -0.05) is 31.5 Å². The molecule has 2 atom stereocenters. The fourth-order valence-electron chi connectivity index (χ4n) is 4.50. The van der Waals surface area contributed by atoms with E-state index in [1.165, 1.54) is 0 Å². The summed E-state index contributed by atoms with van der Waals surface area (Å²) in [7, 11) is 0. The van der Waals surface area contributed by atoms with Crippen LogP contribution in [0.2, 0.25) is 5.02 Å². The number of halogens is 1. The van der Waals surface area contributed by atoms with E-state index < -0.39 is 0 Å². The van der Waals surface area contributed by atoms with Gasteiger partial charge in [0, 0.05) is 55.8 Å². The monoisotopic (exact) mass is 405 g/mol. The van der Waals surface area contributed by atoms with Crippen molar-refractivity contribution in [1.29, 1.82) is 0 Å². The van der Waals surface area contributed by atoms with Crippen molar-refractivity contribution in [1.82, 2.24) is 9.80 Å². The minimum absolute atomic E-state index is 0.0162. The van der Waals surface area contributed by atoms with E-state index in [0.29, 0.717) is 29.2 Å². The summed E-state index contributed by atoms with van der Waals surface area (Å²) in [6, 6.07) is 5.58. The van der Waals surface area contributed by atoms with Crippen molar-refractivity contribution in [2.24, 2.45) is 17.8 Å². The summed E-state index contributed by atoms with van der Waals surface area (Å²) < 4.78 is 0. The van der Waals surface area contributed by atoms with Crippen LogP contribution in [0.25, 0.3) is 0 Å². The van der Waals surface area contributed by atoms with Crippen molar-refractivity contribution in [2.45, 2.75) is 40.0 Å². The summed E-state index contributed by atoms with van der Waals surface area (Å²) >= 11 is 6.12.